The number of nitrogens with one attached hydrogen (secondary N) is 3. The molecule has 0 aromatic heterocycles. The molecule has 0 unspecified atom stereocenters. The smallest absolute Gasteiger partial charge is 0.264 e. The number of benzene rings is 2. The topological polar surface area (TPSA) is 121 Å². The predicted molar refractivity (Wildman–Crippen MR) is 106 cm³/mol. The van der Waals surface area contributed by atoms with Crippen molar-refractivity contribution in [2.45, 2.75) is 31.2 Å². The number of carbonyl (C=O) groups is 3. The van der Waals surface area contributed by atoms with Gasteiger partial charge in [-0.05, 0) is 54.8 Å². The van der Waals surface area contributed by atoms with Gasteiger partial charge in [-0.3, -0.25) is 14.4 Å². The molecule has 0 radical (unpaired) electrons. The zero-order valence-electron chi connectivity index (χ0n) is 15.8. The van der Waals surface area contributed by atoms with Gasteiger partial charge in [0, 0.05) is 30.6 Å². The number of amides is 3. The van der Waals surface area contributed by atoms with Gasteiger partial charge in [-0.1, -0.05) is 12.1 Å². The molecular weight excluding hydrogens is 394 g/mol. The summed E-state index contributed by atoms with van der Waals surface area (Å²) in [5.41, 5.74) is 1.73. The minimum Gasteiger partial charge on any atom is -0.352 e. The van der Waals surface area contributed by atoms with Crippen LogP contribution >= 0.6 is 0 Å². The summed E-state index contributed by atoms with van der Waals surface area (Å²) in [6, 6.07) is 12.3. The Bertz CT molecular complexity index is 1030. The van der Waals surface area contributed by atoms with E-state index in [-0.39, 0.29) is 22.6 Å². The summed E-state index contributed by atoms with van der Waals surface area (Å²) in [5.74, 6) is -0.815. The molecule has 0 atom stereocenters. The van der Waals surface area contributed by atoms with Crippen molar-refractivity contribution in [1.29, 1.82) is 0 Å². The largest absolute Gasteiger partial charge is 0.352 e. The summed E-state index contributed by atoms with van der Waals surface area (Å²) >= 11 is 0. The SMILES string of the molecule is CC(=O)NS(=O)(=O)c1ccc(NC(=O)c2ccc(CNC(=O)C3CC3)cc2)cc1. The molecule has 3 N–H and O–H groups in total. The Kier molecular flexibility index (Phi) is 5.97. The van der Waals surface area contributed by atoms with E-state index in [4.69, 9.17) is 0 Å². The van der Waals surface area contributed by atoms with Crippen molar-refractivity contribution < 1.29 is 22.8 Å². The van der Waals surface area contributed by atoms with Crippen molar-refractivity contribution in [3.05, 3.63) is 59.7 Å². The zero-order chi connectivity index (χ0) is 21.0. The molecule has 0 aliphatic heterocycles. The predicted octanol–water partition coefficient (Wildman–Crippen LogP) is 1.79. The van der Waals surface area contributed by atoms with Gasteiger partial charge in [0.05, 0.1) is 4.90 Å². The first-order valence-electron chi connectivity index (χ1n) is 9.06. The van der Waals surface area contributed by atoms with Crippen molar-refractivity contribution in [2.24, 2.45) is 5.92 Å². The fourth-order valence-corrected chi connectivity index (χ4v) is 3.61. The third kappa shape index (κ3) is 5.64. The van der Waals surface area contributed by atoms with E-state index in [2.05, 4.69) is 10.6 Å². The third-order valence-electron chi connectivity index (χ3n) is 4.33. The molecule has 0 saturated heterocycles. The van der Waals surface area contributed by atoms with Crippen LogP contribution in [0.2, 0.25) is 0 Å². The molecule has 0 spiro atoms. The monoisotopic (exact) mass is 415 g/mol. The standard InChI is InChI=1S/C20H21N3O5S/c1-13(24)23-29(27,28)18-10-8-17(9-11-18)22-20(26)16-4-2-14(3-5-16)12-21-19(25)15-6-7-15/h2-5,8-11,15H,6-7,12H2,1H3,(H,21,25)(H,22,26)(H,23,24). The van der Waals surface area contributed by atoms with Gasteiger partial charge in [0.1, 0.15) is 0 Å². The molecule has 0 heterocycles. The lowest BCUT2D eigenvalue weighted by molar-refractivity contribution is -0.122. The van der Waals surface area contributed by atoms with Crippen LogP contribution in [0.4, 0.5) is 5.69 Å². The van der Waals surface area contributed by atoms with E-state index in [0.717, 1.165) is 25.3 Å². The van der Waals surface area contributed by atoms with Crippen LogP contribution in [-0.2, 0) is 26.2 Å². The Morgan fingerprint density at radius 1 is 0.966 bits per heavy atom. The molecule has 3 amide bonds. The summed E-state index contributed by atoms with van der Waals surface area (Å²) < 4.78 is 25.7. The van der Waals surface area contributed by atoms with Crippen molar-refractivity contribution in [3.63, 3.8) is 0 Å². The maximum Gasteiger partial charge on any atom is 0.264 e. The summed E-state index contributed by atoms with van der Waals surface area (Å²) in [6.07, 6.45) is 1.90. The van der Waals surface area contributed by atoms with Crippen LogP contribution in [0, 0.1) is 5.92 Å². The normalized spacial score (nSPS) is 13.4. The van der Waals surface area contributed by atoms with Crippen LogP contribution in [0.15, 0.2) is 53.4 Å². The average Bonchev–Trinajstić information content (AvgIpc) is 3.51. The molecule has 152 valence electrons. The molecule has 1 fully saturated rings. The van der Waals surface area contributed by atoms with Gasteiger partial charge in [-0.15, -0.1) is 0 Å². The lowest BCUT2D eigenvalue weighted by Gasteiger charge is -2.09. The van der Waals surface area contributed by atoms with Gasteiger partial charge in [-0.25, -0.2) is 13.1 Å². The second-order valence-corrected chi connectivity index (χ2v) is 8.51. The maximum absolute atomic E-state index is 12.4. The molecule has 2 aromatic rings. The van der Waals surface area contributed by atoms with Crippen molar-refractivity contribution in [2.75, 3.05) is 5.32 Å². The van der Waals surface area contributed by atoms with Crippen molar-refractivity contribution in [1.82, 2.24) is 10.0 Å². The highest BCUT2D eigenvalue weighted by atomic mass is 32.2. The maximum atomic E-state index is 12.4. The molecule has 1 aliphatic carbocycles. The number of anilines is 1. The molecule has 3 rings (SSSR count). The molecule has 9 heteroatoms. The van der Waals surface area contributed by atoms with Crippen LogP contribution in [0.25, 0.3) is 0 Å². The molecule has 2 aromatic carbocycles. The molecule has 0 bridgehead atoms. The first kappa shape index (κ1) is 20.5. The molecule has 1 aliphatic rings. The summed E-state index contributed by atoms with van der Waals surface area (Å²) in [4.78, 5) is 34.9. The average molecular weight is 415 g/mol. The Morgan fingerprint density at radius 2 is 1.59 bits per heavy atom. The highest BCUT2D eigenvalue weighted by Crippen LogP contribution is 2.28. The van der Waals surface area contributed by atoms with Gasteiger partial charge in [-0.2, -0.15) is 0 Å². The molecular formula is C20H21N3O5S. The van der Waals surface area contributed by atoms with Crippen LogP contribution in [-0.4, -0.2) is 26.1 Å². The lowest BCUT2D eigenvalue weighted by Crippen LogP contribution is -2.28. The second-order valence-electron chi connectivity index (χ2n) is 6.83. The van der Waals surface area contributed by atoms with Gasteiger partial charge in [0.2, 0.25) is 11.8 Å². The minimum absolute atomic E-state index is 0.0655. The molecule has 29 heavy (non-hydrogen) atoms. The van der Waals surface area contributed by atoms with Gasteiger partial charge in [0.25, 0.3) is 15.9 Å². The van der Waals surface area contributed by atoms with Crippen molar-refractivity contribution >= 4 is 33.4 Å². The Labute approximate surface area is 168 Å². The number of hydrogen-bond donors (Lipinski definition) is 3. The first-order chi connectivity index (χ1) is 13.7. The Hall–Kier alpha value is -3.20. The van der Waals surface area contributed by atoms with E-state index in [9.17, 15) is 22.8 Å². The highest BCUT2D eigenvalue weighted by molar-refractivity contribution is 7.90. The summed E-state index contributed by atoms with van der Waals surface area (Å²) in [5, 5.41) is 5.54. The van der Waals surface area contributed by atoms with E-state index in [1.807, 2.05) is 4.72 Å². The van der Waals surface area contributed by atoms with Gasteiger partial charge < -0.3 is 10.6 Å². The Morgan fingerprint density at radius 3 is 2.14 bits per heavy atom. The van der Waals surface area contributed by atoms with Gasteiger partial charge >= 0.3 is 0 Å². The minimum atomic E-state index is -3.92. The summed E-state index contributed by atoms with van der Waals surface area (Å²) in [7, 11) is -3.92. The van der Waals surface area contributed by atoms with Crippen LogP contribution < -0.4 is 15.4 Å². The van der Waals surface area contributed by atoms with Gasteiger partial charge in [0.15, 0.2) is 0 Å². The zero-order valence-corrected chi connectivity index (χ0v) is 16.6. The van der Waals surface area contributed by atoms with Crippen LogP contribution in [0.1, 0.15) is 35.7 Å². The van der Waals surface area contributed by atoms with E-state index >= 15 is 0 Å². The van der Waals surface area contributed by atoms with E-state index in [1.165, 1.54) is 24.3 Å². The van der Waals surface area contributed by atoms with E-state index < -0.39 is 15.9 Å². The molecule has 1 saturated carbocycles. The first-order valence-corrected chi connectivity index (χ1v) is 10.5. The Balaban J connectivity index is 1.58. The highest BCUT2D eigenvalue weighted by Gasteiger charge is 2.29. The number of rotatable bonds is 7. The second kappa shape index (κ2) is 8.44. The number of carbonyl (C=O) groups excluding carboxylic acids is 3. The van der Waals surface area contributed by atoms with Crippen molar-refractivity contribution in [3.8, 4) is 0 Å². The van der Waals surface area contributed by atoms with Crippen LogP contribution in [0.5, 0.6) is 0 Å². The van der Waals surface area contributed by atoms with E-state index in [0.29, 0.717) is 17.8 Å². The molecule has 8 nitrogen and oxygen atoms in total. The summed E-state index contributed by atoms with van der Waals surface area (Å²) in [6.45, 7) is 1.53. The van der Waals surface area contributed by atoms with Crippen LogP contribution in [0.3, 0.4) is 0 Å². The van der Waals surface area contributed by atoms with E-state index in [1.54, 1.807) is 24.3 Å². The quantitative estimate of drug-likeness (QED) is 0.637. The lowest BCUT2D eigenvalue weighted by atomic mass is 10.1. The number of hydrogen-bond acceptors (Lipinski definition) is 5. The fraction of sp³-hybridized carbons (Fsp3) is 0.250. The third-order valence-corrected chi connectivity index (χ3v) is 5.78. The fourth-order valence-electron chi connectivity index (χ4n) is 2.62. The number of sulfonamides is 1.